The Kier molecular flexibility index (Phi) is 5.13. The molecule has 6 heteroatoms. The normalized spacial score (nSPS) is 17.7. The number of rotatable bonds is 5. The number of hydrogen-bond donors (Lipinski definition) is 1. The van der Waals surface area contributed by atoms with E-state index in [0.29, 0.717) is 13.1 Å². The summed E-state index contributed by atoms with van der Waals surface area (Å²) in [6.45, 7) is 2.28. The number of amides is 1. The summed E-state index contributed by atoms with van der Waals surface area (Å²) in [5, 5.41) is 3.04. The van der Waals surface area contributed by atoms with Crippen LogP contribution < -0.4 is 10.2 Å². The maximum atomic E-state index is 12.4. The van der Waals surface area contributed by atoms with Gasteiger partial charge in [-0.25, -0.2) is 4.98 Å². The Morgan fingerprint density at radius 1 is 1.26 bits per heavy atom. The molecule has 1 atom stereocenters. The maximum absolute atomic E-state index is 12.4. The zero-order valence-electron chi connectivity index (χ0n) is 13.1. The van der Waals surface area contributed by atoms with Crippen molar-refractivity contribution in [2.45, 2.75) is 19.3 Å². The lowest BCUT2D eigenvalue weighted by atomic mass is 9.97. The number of anilines is 1. The van der Waals surface area contributed by atoms with Gasteiger partial charge in [-0.1, -0.05) is 6.07 Å². The molecule has 0 aromatic carbocycles. The van der Waals surface area contributed by atoms with E-state index in [1.807, 2.05) is 18.3 Å². The standard InChI is InChI=1S/C17H21N5O/c23-17(21-7-5-14-3-1-6-18-11-14)15-4-2-10-22(13-15)16-12-19-8-9-20-16/h1,3,6,8-9,11-12,15H,2,4-5,7,10,13H2,(H,21,23)/t15-/m1/s1. The van der Waals surface area contributed by atoms with Crippen LogP contribution in [-0.4, -0.2) is 40.5 Å². The summed E-state index contributed by atoms with van der Waals surface area (Å²) in [5.41, 5.74) is 1.14. The van der Waals surface area contributed by atoms with Gasteiger partial charge in [-0.3, -0.25) is 14.8 Å². The molecule has 3 heterocycles. The summed E-state index contributed by atoms with van der Waals surface area (Å²) in [7, 11) is 0. The Hall–Kier alpha value is -2.50. The van der Waals surface area contributed by atoms with Gasteiger partial charge in [-0.05, 0) is 30.9 Å². The first kappa shape index (κ1) is 15.4. The van der Waals surface area contributed by atoms with Crippen LogP contribution in [0.2, 0.25) is 0 Å². The Morgan fingerprint density at radius 2 is 2.17 bits per heavy atom. The van der Waals surface area contributed by atoms with Crippen LogP contribution in [0.25, 0.3) is 0 Å². The molecule has 23 heavy (non-hydrogen) atoms. The minimum absolute atomic E-state index is 0.0136. The van der Waals surface area contributed by atoms with Crippen LogP contribution in [0.1, 0.15) is 18.4 Å². The van der Waals surface area contributed by atoms with Crippen molar-refractivity contribution >= 4 is 11.7 Å². The summed E-state index contributed by atoms with van der Waals surface area (Å²) in [6.07, 6.45) is 11.4. The maximum Gasteiger partial charge on any atom is 0.224 e. The fraction of sp³-hybridized carbons (Fsp3) is 0.412. The van der Waals surface area contributed by atoms with E-state index in [1.165, 1.54) is 0 Å². The lowest BCUT2D eigenvalue weighted by molar-refractivity contribution is -0.125. The molecule has 1 saturated heterocycles. The molecule has 2 aromatic heterocycles. The molecule has 1 aliphatic heterocycles. The molecular formula is C17H21N5O. The van der Waals surface area contributed by atoms with Crippen molar-refractivity contribution < 1.29 is 4.79 Å². The summed E-state index contributed by atoms with van der Waals surface area (Å²) < 4.78 is 0. The molecule has 0 bridgehead atoms. The minimum Gasteiger partial charge on any atom is -0.355 e. The van der Waals surface area contributed by atoms with Crippen LogP contribution in [-0.2, 0) is 11.2 Å². The molecule has 3 rings (SSSR count). The monoisotopic (exact) mass is 311 g/mol. The predicted octanol–water partition coefficient (Wildman–Crippen LogP) is 1.45. The van der Waals surface area contributed by atoms with E-state index in [4.69, 9.17) is 0 Å². The molecule has 0 saturated carbocycles. The van der Waals surface area contributed by atoms with Gasteiger partial charge in [0.05, 0.1) is 12.1 Å². The summed E-state index contributed by atoms with van der Waals surface area (Å²) in [4.78, 5) is 27.0. The van der Waals surface area contributed by atoms with Crippen LogP contribution in [0.15, 0.2) is 43.1 Å². The zero-order valence-corrected chi connectivity index (χ0v) is 13.1. The highest BCUT2D eigenvalue weighted by molar-refractivity contribution is 5.79. The van der Waals surface area contributed by atoms with Gasteiger partial charge in [0.1, 0.15) is 5.82 Å². The van der Waals surface area contributed by atoms with Gasteiger partial charge in [0.25, 0.3) is 0 Å². The third kappa shape index (κ3) is 4.25. The third-order valence-electron chi connectivity index (χ3n) is 4.10. The number of nitrogens with one attached hydrogen (secondary N) is 1. The number of carbonyl (C=O) groups is 1. The van der Waals surface area contributed by atoms with Crippen molar-refractivity contribution in [2.24, 2.45) is 5.92 Å². The van der Waals surface area contributed by atoms with Crippen LogP contribution >= 0.6 is 0 Å². The minimum atomic E-state index is 0.0136. The van der Waals surface area contributed by atoms with Crippen LogP contribution in [0.5, 0.6) is 0 Å². The van der Waals surface area contributed by atoms with E-state index in [2.05, 4.69) is 25.2 Å². The van der Waals surface area contributed by atoms with Gasteiger partial charge in [-0.2, -0.15) is 0 Å². The van der Waals surface area contributed by atoms with E-state index in [-0.39, 0.29) is 11.8 Å². The van der Waals surface area contributed by atoms with Crippen molar-refractivity contribution in [3.63, 3.8) is 0 Å². The number of hydrogen-bond acceptors (Lipinski definition) is 5. The Balaban J connectivity index is 1.49. The second kappa shape index (κ2) is 7.67. The van der Waals surface area contributed by atoms with Crippen LogP contribution in [0, 0.1) is 5.92 Å². The van der Waals surface area contributed by atoms with Crippen LogP contribution in [0.3, 0.4) is 0 Å². The molecule has 120 valence electrons. The first-order valence-corrected chi connectivity index (χ1v) is 8.00. The van der Waals surface area contributed by atoms with Crippen LogP contribution in [0.4, 0.5) is 5.82 Å². The van der Waals surface area contributed by atoms with Gasteiger partial charge < -0.3 is 10.2 Å². The van der Waals surface area contributed by atoms with E-state index >= 15 is 0 Å². The SMILES string of the molecule is O=C(NCCc1cccnc1)[C@@H]1CCCN(c2cnccn2)C1. The highest BCUT2D eigenvalue weighted by atomic mass is 16.1. The molecule has 0 aliphatic carbocycles. The average molecular weight is 311 g/mol. The number of piperidine rings is 1. The summed E-state index contributed by atoms with van der Waals surface area (Å²) >= 11 is 0. The lowest BCUT2D eigenvalue weighted by Gasteiger charge is -2.32. The molecule has 2 aromatic rings. The van der Waals surface area contributed by atoms with Crippen molar-refractivity contribution in [1.29, 1.82) is 0 Å². The second-order valence-electron chi connectivity index (χ2n) is 5.75. The fourth-order valence-corrected chi connectivity index (χ4v) is 2.87. The smallest absolute Gasteiger partial charge is 0.224 e. The Labute approximate surface area is 136 Å². The van der Waals surface area contributed by atoms with E-state index in [9.17, 15) is 4.79 Å². The molecular weight excluding hydrogens is 290 g/mol. The molecule has 0 radical (unpaired) electrons. The number of carbonyl (C=O) groups excluding carboxylic acids is 1. The van der Waals surface area contributed by atoms with Gasteiger partial charge in [0, 0.05) is 44.4 Å². The van der Waals surface area contributed by atoms with E-state index < -0.39 is 0 Å². The van der Waals surface area contributed by atoms with E-state index in [0.717, 1.165) is 37.2 Å². The first-order chi connectivity index (χ1) is 11.3. The van der Waals surface area contributed by atoms with Crippen molar-refractivity contribution in [2.75, 3.05) is 24.5 Å². The fourth-order valence-electron chi connectivity index (χ4n) is 2.87. The number of pyridine rings is 1. The Morgan fingerprint density at radius 3 is 2.96 bits per heavy atom. The molecule has 1 fully saturated rings. The quantitative estimate of drug-likeness (QED) is 0.905. The molecule has 6 nitrogen and oxygen atoms in total. The summed E-state index contributed by atoms with van der Waals surface area (Å²) in [6, 6.07) is 3.94. The first-order valence-electron chi connectivity index (χ1n) is 8.00. The molecule has 1 N–H and O–H groups in total. The Bertz CT molecular complexity index is 619. The number of nitrogens with zero attached hydrogens (tertiary/aromatic N) is 4. The molecule has 0 spiro atoms. The molecule has 1 aliphatic rings. The van der Waals surface area contributed by atoms with Gasteiger partial charge >= 0.3 is 0 Å². The van der Waals surface area contributed by atoms with Crippen molar-refractivity contribution in [3.8, 4) is 0 Å². The topological polar surface area (TPSA) is 71.0 Å². The average Bonchev–Trinajstić information content (AvgIpc) is 2.63. The zero-order chi connectivity index (χ0) is 15.9. The van der Waals surface area contributed by atoms with E-state index in [1.54, 1.807) is 24.8 Å². The molecule has 1 amide bonds. The highest BCUT2D eigenvalue weighted by Crippen LogP contribution is 2.20. The van der Waals surface area contributed by atoms with Gasteiger partial charge in [0.2, 0.25) is 5.91 Å². The predicted molar refractivity (Wildman–Crippen MR) is 87.9 cm³/mol. The largest absolute Gasteiger partial charge is 0.355 e. The lowest BCUT2D eigenvalue weighted by Crippen LogP contribution is -2.43. The van der Waals surface area contributed by atoms with Gasteiger partial charge in [0.15, 0.2) is 0 Å². The molecule has 0 unspecified atom stereocenters. The second-order valence-corrected chi connectivity index (χ2v) is 5.75. The number of aromatic nitrogens is 3. The van der Waals surface area contributed by atoms with Crippen molar-refractivity contribution in [1.82, 2.24) is 20.3 Å². The summed E-state index contributed by atoms with van der Waals surface area (Å²) in [5.74, 6) is 0.988. The van der Waals surface area contributed by atoms with Gasteiger partial charge in [-0.15, -0.1) is 0 Å². The van der Waals surface area contributed by atoms with Crippen molar-refractivity contribution in [3.05, 3.63) is 48.7 Å². The highest BCUT2D eigenvalue weighted by Gasteiger charge is 2.26. The third-order valence-corrected chi connectivity index (χ3v) is 4.10.